The minimum Gasteiger partial charge on any atom is -0.465 e. The molecule has 0 radical (unpaired) electrons. The molecule has 2 amide bonds. The van der Waals surface area contributed by atoms with Gasteiger partial charge in [-0.1, -0.05) is 53.4 Å². The van der Waals surface area contributed by atoms with Gasteiger partial charge in [0.15, 0.2) is 16.6 Å². The number of pyridine rings is 2. The quantitative estimate of drug-likeness (QED) is 0.243. The van der Waals surface area contributed by atoms with E-state index in [4.69, 9.17) is 0 Å². The maximum Gasteiger partial charge on any atom is 0.407 e. The molecule has 1 aromatic carbocycles. The van der Waals surface area contributed by atoms with E-state index in [1.54, 1.807) is 12.4 Å². The van der Waals surface area contributed by atoms with Gasteiger partial charge in [-0.05, 0) is 49.1 Å². The zero-order chi connectivity index (χ0) is 28.1. The van der Waals surface area contributed by atoms with E-state index in [9.17, 15) is 14.7 Å². The van der Waals surface area contributed by atoms with Crippen LogP contribution in [0.15, 0.2) is 76.2 Å². The van der Waals surface area contributed by atoms with Gasteiger partial charge in [0.05, 0.1) is 15.3 Å². The maximum absolute atomic E-state index is 15.5. The first-order chi connectivity index (χ1) is 19.3. The molecule has 4 heterocycles. The second-order valence-corrected chi connectivity index (χ2v) is 11.9. The van der Waals surface area contributed by atoms with Gasteiger partial charge < -0.3 is 20.6 Å². The van der Waals surface area contributed by atoms with Crippen LogP contribution in [-0.2, 0) is 5.41 Å². The number of thiazole rings is 1. The molecule has 3 aromatic heterocycles. The number of piperidine rings is 1. The number of nitrogens with zero attached hydrogens (tertiary/aromatic N) is 4. The number of hydrogen-bond acceptors (Lipinski definition) is 8. The molecular formula is C28H27FN6O3S2. The molecule has 12 heteroatoms. The van der Waals surface area contributed by atoms with Gasteiger partial charge in [-0.3, -0.25) is 4.79 Å². The van der Waals surface area contributed by atoms with E-state index in [1.165, 1.54) is 40.3 Å². The molecule has 0 saturated carbocycles. The summed E-state index contributed by atoms with van der Waals surface area (Å²) >= 11 is 2.51. The minimum atomic E-state index is -0.957. The Labute approximate surface area is 238 Å². The molecule has 4 aromatic rings. The maximum atomic E-state index is 15.5. The van der Waals surface area contributed by atoms with E-state index in [2.05, 4.69) is 25.6 Å². The molecule has 9 nitrogen and oxygen atoms in total. The lowest BCUT2D eigenvalue weighted by molar-refractivity contribution is 0.0898. The van der Waals surface area contributed by atoms with E-state index in [0.29, 0.717) is 36.9 Å². The SMILES string of the molecule is Cc1ccnc(Nc2ncc(Sc3ccnc(C(=O)NCC4(c5ccccc5)CCN(C(=O)O)CC4)c3F)s2)c1. The Bertz CT molecular complexity index is 1510. The van der Waals surface area contributed by atoms with Crippen LogP contribution in [0.2, 0.25) is 0 Å². The number of rotatable bonds is 8. The largest absolute Gasteiger partial charge is 0.465 e. The van der Waals surface area contributed by atoms with Gasteiger partial charge in [-0.15, -0.1) is 0 Å². The normalized spacial score (nSPS) is 14.5. The van der Waals surface area contributed by atoms with E-state index in [-0.39, 0.29) is 17.1 Å². The van der Waals surface area contributed by atoms with Crippen molar-refractivity contribution in [3.8, 4) is 0 Å². The molecule has 5 rings (SSSR count). The monoisotopic (exact) mass is 578 g/mol. The number of carbonyl (C=O) groups excluding carboxylic acids is 1. The van der Waals surface area contributed by atoms with Crippen LogP contribution in [0.25, 0.3) is 0 Å². The van der Waals surface area contributed by atoms with Crippen molar-refractivity contribution in [3.63, 3.8) is 0 Å². The van der Waals surface area contributed by atoms with Gasteiger partial charge in [-0.2, -0.15) is 0 Å². The molecule has 1 saturated heterocycles. The van der Waals surface area contributed by atoms with Crippen LogP contribution in [0.1, 0.15) is 34.5 Å². The number of halogens is 1. The predicted octanol–water partition coefficient (Wildman–Crippen LogP) is 5.72. The van der Waals surface area contributed by atoms with Gasteiger partial charge in [-0.25, -0.2) is 24.1 Å². The molecule has 206 valence electrons. The van der Waals surface area contributed by atoms with E-state index < -0.39 is 23.2 Å². The molecule has 40 heavy (non-hydrogen) atoms. The highest BCUT2D eigenvalue weighted by Crippen LogP contribution is 2.37. The lowest BCUT2D eigenvalue weighted by Crippen LogP contribution is -2.50. The standard InChI is InChI=1S/C28H27FN6O3S2/c1-18-7-11-30-21(15-18)34-26-32-16-22(40-26)39-20-8-12-31-24(23(20)29)25(36)33-17-28(19-5-3-2-4-6-19)9-13-35(14-10-28)27(37)38/h2-8,11-12,15-16H,9-10,13-14,17H2,1H3,(H,33,36)(H,37,38)(H,30,32,34). The Morgan fingerprint density at radius 1 is 1.10 bits per heavy atom. The highest BCUT2D eigenvalue weighted by molar-refractivity contribution is 8.01. The van der Waals surface area contributed by atoms with Crippen molar-refractivity contribution in [3.05, 3.63) is 89.8 Å². The molecule has 1 aliphatic heterocycles. The highest BCUT2D eigenvalue weighted by Gasteiger charge is 2.38. The molecule has 0 aliphatic carbocycles. The summed E-state index contributed by atoms with van der Waals surface area (Å²) < 4.78 is 16.2. The molecular weight excluding hydrogens is 551 g/mol. The van der Waals surface area contributed by atoms with Crippen LogP contribution >= 0.6 is 23.1 Å². The topological polar surface area (TPSA) is 120 Å². The number of aryl methyl sites for hydroxylation is 1. The fourth-order valence-corrected chi connectivity index (χ4v) is 6.54. The van der Waals surface area contributed by atoms with Gasteiger partial charge in [0.1, 0.15) is 5.82 Å². The Morgan fingerprint density at radius 3 is 2.58 bits per heavy atom. The lowest BCUT2D eigenvalue weighted by Gasteiger charge is -2.41. The molecule has 3 N–H and O–H groups in total. The van der Waals surface area contributed by atoms with E-state index in [1.807, 2.05) is 49.4 Å². The Balaban J connectivity index is 1.28. The molecule has 0 unspecified atom stereocenters. The number of aromatic nitrogens is 3. The average molecular weight is 579 g/mol. The summed E-state index contributed by atoms with van der Waals surface area (Å²) in [6.45, 7) is 2.91. The summed E-state index contributed by atoms with van der Waals surface area (Å²) in [5, 5.41) is 16.0. The smallest absolute Gasteiger partial charge is 0.407 e. The zero-order valence-electron chi connectivity index (χ0n) is 21.6. The molecule has 1 aliphatic rings. The number of nitrogens with one attached hydrogen (secondary N) is 2. The number of likely N-dealkylation sites (tertiary alicyclic amines) is 1. The van der Waals surface area contributed by atoms with E-state index >= 15 is 4.39 Å². The summed E-state index contributed by atoms with van der Waals surface area (Å²) in [5.74, 6) is -0.655. The highest BCUT2D eigenvalue weighted by atomic mass is 32.2. The van der Waals surface area contributed by atoms with Gasteiger partial charge in [0, 0.05) is 37.4 Å². The number of carbonyl (C=O) groups is 2. The fourth-order valence-electron chi connectivity index (χ4n) is 4.67. The van der Waals surface area contributed by atoms with Crippen molar-refractivity contribution in [2.75, 3.05) is 25.0 Å². The summed E-state index contributed by atoms with van der Waals surface area (Å²) in [5.41, 5.74) is 1.31. The Morgan fingerprint density at radius 2 is 1.85 bits per heavy atom. The first-order valence-electron chi connectivity index (χ1n) is 12.6. The van der Waals surface area contributed by atoms with Crippen LogP contribution < -0.4 is 10.6 Å². The minimum absolute atomic E-state index is 0.235. The first kappa shape index (κ1) is 27.5. The third-order valence-corrected chi connectivity index (χ3v) is 8.93. The van der Waals surface area contributed by atoms with Crippen molar-refractivity contribution in [1.82, 2.24) is 25.2 Å². The second kappa shape index (κ2) is 12.0. The zero-order valence-corrected chi connectivity index (χ0v) is 23.3. The Kier molecular flexibility index (Phi) is 8.27. The van der Waals surface area contributed by atoms with Crippen molar-refractivity contribution >= 4 is 46.0 Å². The Hall–Kier alpha value is -4.03. The number of benzene rings is 1. The molecule has 0 atom stereocenters. The van der Waals surface area contributed by atoms with Crippen LogP contribution in [0, 0.1) is 12.7 Å². The number of anilines is 2. The lowest BCUT2D eigenvalue weighted by atomic mass is 9.72. The first-order valence-corrected chi connectivity index (χ1v) is 14.3. The van der Waals surface area contributed by atoms with Crippen molar-refractivity contribution in [2.24, 2.45) is 0 Å². The third-order valence-electron chi connectivity index (χ3n) is 6.88. The number of amides is 2. The van der Waals surface area contributed by atoms with Crippen LogP contribution in [-0.4, -0.2) is 56.6 Å². The van der Waals surface area contributed by atoms with Gasteiger partial charge >= 0.3 is 6.09 Å². The fraction of sp³-hybridized carbons (Fsp3) is 0.250. The molecule has 0 bridgehead atoms. The number of hydrogen-bond donors (Lipinski definition) is 3. The van der Waals surface area contributed by atoms with Crippen LogP contribution in [0.4, 0.5) is 20.1 Å². The van der Waals surface area contributed by atoms with Gasteiger partial charge in [0.25, 0.3) is 5.91 Å². The summed E-state index contributed by atoms with van der Waals surface area (Å²) in [6.07, 6.45) is 4.88. The summed E-state index contributed by atoms with van der Waals surface area (Å²) in [7, 11) is 0. The summed E-state index contributed by atoms with van der Waals surface area (Å²) in [6, 6.07) is 15.0. The van der Waals surface area contributed by atoms with E-state index in [0.717, 1.165) is 15.3 Å². The average Bonchev–Trinajstić information content (AvgIpc) is 3.40. The van der Waals surface area contributed by atoms with Crippen LogP contribution in [0.3, 0.4) is 0 Å². The molecule has 0 spiro atoms. The third kappa shape index (κ3) is 6.23. The second-order valence-electron chi connectivity index (χ2n) is 9.50. The summed E-state index contributed by atoms with van der Waals surface area (Å²) in [4.78, 5) is 38.9. The van der Waals surface area contributed by atoms with Crippen molar-refractivity contribution in [2.45, 2.75) is 34.3 Å². The molecule has 1 fully saturated rings. The predicted molar refractivity (Wildman–Crippen MR) is 152 cm³/mol. The number of carboxylic acid groups (broad SMARTS) is 1. The van der Waals surface area contributed by atoms with Gasteiger partial charge in [0.2, 0.25) is 0 Å². The van der Waals surface area contributed by atoms with Crippen molar-refractivity contribution < 1.29 is 19.1 Å². The van der Waals surface area contributed by atoms with Crippen molar-refractivity contribution in [1.29, 1.82) is 0 Å². The van der Waals surface area contributed by atoms with Crippen LogP contribution in [0.5, 0.6) is 0 Å².